The first kappa shape index (κ1) is 12.4. The Balaban J connectivity index is 2.32. The molecular formula is C14H16N2O2. The van der Waals surface area contributed by atoms with Gasteiger partial charge in [-0.3, -0.25) is 9.78 Å². The molecule has 1 unspecified atom stereocenters. The van der Waals surface area contributed by atoms with Gasteiger partial charge in [0.05, 0.1) is 17.6 Å². The highest BCUT2D eigenvalue weighted by atomic mass is 16.4. The molecule has 1 aromatic carbocycles. The molecule has 0 bridgehead atoms. The van der Waals surface area contributed by atoms with Crippen LogP contribution < -0.4 is 5.32 Å². The number of benzene rings is 1. The number of nitrogens with zero attached hydrogens (tertiary/aromatic N) is 1. The number of pyridine rings is 1. The van der Waals surface area contributed by atoms with E-state index in [2.05, 4.69) is 10.3 Å². The Morgan fingerprint density at radius 1 is 1.39 bits per heavy atom. The zero-order valence-electron chi connectivity index (χ0n) is 10.5. The van der Waals surface area contributed by atoms with Gasteiger partial charge in [0.25, 0.3) is 0 Å². The summed E-state index contributed by atoms with van der Waals surface area (Å²) in [6.07, 6.45) is 0.0855. The number of anilines is 1. The molecule has 0 amide bonds. The molecule has 4 heteroatoms. The van der Waals surface area contributed by atoms with Gasteiger partial charge < -0.3 is 10.4 Å². The van der Waals surface area contributed by atoms with Crippen LogP contribution in [0.25, 0.3) is 10.9 Å². The normalized spacial score (nSPS) is 12.3. The van der Waals surface area contributed by atoms with Gasteiger partial charge >= 0.3 is 5.97 Å². The van der Waals surface area contributed by atoms with Gasteiger partial charge in [0.1, 0.15) is 0 Å². The summed E-state index contributed by atoms with van der Waals surface area (Å²) in [5.41, 5.74) is 2.71. The van der Waals surface area contributed by atoms with Gasteiger partial charge in [0.15, 0.2) is 0 Å². The van der Waals surface area contributed by atoms with E-state index in [0.29, 0.717) is 0 Å². The lowest BCUT2D eigenvalue weighted by atomic mass is 10.1. The van der Waals surface area contributed by atoms with E-state index in [0.717, 1.165) is 22.3 Å². The molecule has 0 fully saturated rings. The molecule has 1 atom stereocenters. The molecule has 1 heterocycles. The molecule has 2 rings (SSSR count). The highest BCUT2D eigenvalue weighted by Gasteiger charge is 2.09. The highest BCUT2D eigenvalue weighted by molar-refractivity contribution is 5.90. The molecule has 0 saturated carbocycles. The molecule has 2 N–H and O–H groups in total. The summed E-state index contributed by atoms with van der Waals surface area (Å²) in [5.74, 6) is -0.806. The van der Waals surface area contributed by atoms with E-state index in [1.54, 1.807) is 0 Å². The van der Waals surface area contributed by atoms with E-state index >= 15 is 0 Å². The maximum absolute atomic E-state index is 10.7. The topological polar surface area (TPSA) is 62.2 Å². The molecule has 94 valence electrons. The number of hydrogen-bond donors (Lipinski definition) is 2. The standard InChI is InChI=1S/C14H16N2O2/c1-9-6-7-11-4-3-5-12(14(11)16-9)15-10(2)8-13(17)18/h3-7,10,15H,8H2,1-2H3,(H,17,18). The number of fused-ring (bicyclic) bond motifs is 1. The number of hydrogen-bond acceptors (Lipinski definition) is 3. The van der Waals surface area contributed by atoms with Gasteiger partial charge in [-0.05, 0) is 26.0 Å². The number of rotatable bonds is 4. The highest BCUT2D eigenvalue weighted by Crippen LogP contribution is 2.22. The lowest BCUT2D eigenvalue weighted by Crippen LogP contribution is -2.19. The number of carbonyl (C=O) groups is 1. The molecule has 0 radical (unpaired) electrons. The van der Waals surface area contributed by atoms with Crippen LogP contribution >= 0.6 is 0 Å². The van der Waals surface area contributed by atoms with E-state index in [-0.39, 0.29) is 12.5 Å². The fraction of sp³-hybridized carbons (Fsp3) is 0.286. The summed E-state index contributed by atoms with van der Waals surface area (Å²) in [5, 5.41) is 13.0. The maximum Gasteiger partial charge on any atom is 0.305 e. The molecule has 18 heavy (non-hydrogen) atoms. The Kier molecular flexibility index (Phi) is 3.46. The van der Waals surface area contributed by atoms with Crippen LogP contribution in [0.5, 0.6) is 0 Å². The fourth-order valence-electron chi connectivity index (χ4n) is 1.94. The van der Waals surface area contributed by atoms with Gasteiger partial charge in [-0.2, -0.15) is 0 Å². The van der Waals surface area contributed by atoms with E-state index in [1.807, 2.05) is 44.2 Å². The van der Waals surface area contributed by atoms with E-state index in [4.69, 9.17) is 5.11 Å². The third-order valence-electron chi connectivity index (χ3n) is 2.74. The van der Waals surface area contributed by atoms with Gasteiger partial charge in [-0.25, -0.2) is 0 Å². The quantitative estimate of drug-likeness (QED) is 0.868. The second kappa shape index (κ2) is 5.04. The summed E-state index contributed by atoms with van der Waals surface area (Å²) in [4.78, 5) is 15.2. The predicted octanol–water partition coefficient (Wildman–Crippen LogP) is 2.82. The molecule has 0 aliphatic rings. The van der Waals surface area contributed by atoms with E-state index in [9.17, 15) is 4.79 Å². The summed E-state index contributed by atoms with van der Waals surface area (Å²) in [6, 6.07) is 9.71. The summed E-state index contributed by atoms with van der Waals surface area (Å²) < 4.78 is 0. The minimum absolute atomic E-state index is 0.0855. The molecule has 0 aliphatic heterocycles. The van der Waals surface area contributed by atoms with Crippen molar-refractivity contribution in [3.05, 3.63) is 36.0 Å². The van der Waals surface area contributed by atoms with E-state index < -0.39 is 5.97 Å². The second-order valence-corrected chi connectivity index (χ2v) is 4.47. The van der Waals surface area contributed by atoms with Crippen molar-refractivity contribution >= 4 is 22.6 Å². The van der Waals surface area contributed by atoms with Crippen LogP contribution in [0.15, 0.2) is 30.3 Å². The average Bonchev–Trinajstić information content (AvgIpc) is 2.28. The predicted molar refractivity (Wildman–Crippen MR) is 71.8 cm³/mol. The van der Waals surface area contributed by atoms with Crippen molar-refractivity contribution in [1.29, 1.82) is 0 Å². The Labute approximate surface area is 106 Å². The Hall–Kier alpha value is -2.10. The Bertz CT molecular complexity index is 581. The maximum atomic E-state index is 10.7. The largest absolute Gasteiger partial charge is 0.481 e. The van der Waals surface area contributed by atoms with Crippen LogP contribution in [0.1, 0.15) is 19.0 Å². The lowest BCUT2D eigenvalue weighted by Gasteiger charge is -2.14. The average molecular weight is 244 g/mol. The Morgan fingerprint density at radius 3 is 2.89 bits per heavy atom. The minimum Gasteiger partial charge on any atom is -0.481 e. The summed E-state index contributed by atoms with van der Waals surface area (Å²) >= 11 is 0. The third-order valence-corrected chi connectivity index (χ3v) is 2.74. The van der Waals surface area contributed by atoms with Crippen molar-refractivity contribution in [3.8, 4) is 0 Å². The number of aryl methyl sites for hydroxylation is 1. The van der Waals surface area contributed by atoms with Gasteiger partial charge in [-0.15, -0.1) is 0 Å². The number of para-hydroxylation sites is 1. The van der Waals surface area contributed by atoms with Crippen molar-refractivity contribution in [2.75, 3.05) is 5.32 Å². The van der Waals surface area contributed by atoms with Crippen molar-refractivity contribution in [2.24, 2.45) is 0 Å². The van der Waals surface area contributed by atoms with Crippen LogP contribution in [0.4, 0.5) is 5.69 Å². The zero-order valence-corrected chi connectivity index (χ0v) is 10.5. The molecule has 4 nitrogen and oxygen atoms in total. The fourth-order valence-corrected chi connectivity index (χ4v) is 1.94. The van der Waals surface area contributed by atoms with Crippen molar-refractivity contribution in [2.45, 2.75) is 26.3 Å². The summed E-state index contributed by atoms with van der Waals surface area (Å²) in [7, 11) is 0. The van der Waals surface area contributed by atoms with Crippen LogP contribution in [0.3, 0.4) is 0 Å². The lowest BCUT2D eigenvalue weighted by molar-refractivity contribution is -0.137. The van der Waals surface area contributed by atoms with E-state index in [1.165, 1.54) is 0 Å². The smallest absolute Gasteiger partial charge is 0.305 e. The monoisotopic (exact) mass is 244 g/mol. The van der Waals surface area contributed by atoms with Crippen LogP contribution in [0, 0.1) is 6.92 Å². The van der Waals surface area contributed by atoms with Gasteiger partial charge in [0.2, 0.25) is 0 Å². The third kappa shape index (κ3) is 2.77. The number of carboxylic acid groups (broad SMARTS) is 1. The second-order valence-electron chi connectivity index (χ2n) is 4.47. The minimum atomic E-state index is -0.806. The van der Waals surface area contributed by atoms with Crippen molar-refractivity contribution in [3.63, 3.8) is 0 Å². The molecule has 1 aromatic heterocycles. The SMILES string of the molecule is Cc1ccc2cccc(NC(C)CC(=O)O)c2n1. The van der Waals surface area contributed by atoms with Crippen LogP contribution in [0.2, 0.25) is 0 Å². The van der Waals surface area contributed by atoms with Gasteiger partial charge in [0, 0.05) is 17.1 Å². The molecule has 0 saturated heterocycles. The molecule has 2 aromatic rings. The number of carboxylic acids is 1. The van der Waals surface area contributed by atoms with Crippen LogP contribution in [-0.2, 0) is 4.79 Å². The number of nitrogens with one attached hydrogen (secondary N) is 1. The zero-order chi connectivity index (χ0) is 13.1. The summed E-state index contributed by atoms with van der Waals surface area (Å²) in [6.45, 7) is 3.79. The van der Waals surface area contributed by atoms with Crippen molar-refractivity contribution in [1.82, 2.24) is 4.98 Å². The molecule has 0 aliphatic carbocycles. The first-order valence-electron chi connectivity index (χ1n) is 5.91. The van der Waals surface area contributed by atoms with Gasteiger partial charge in [-0.1, -0.05) is 18.2 Å². The van der Waals surface area contributed by atoms with Crippen LogP contribution in [-0.4, -0.2) is 22.1 Å². The van der Waals surface area contributed by atoms with Crippen molar-refractivity contribution < 1.29 is 9.90 Å². The first-order valence-corrected chi connectivity index (χ1v) is 5.91. The molecular weight excluding hydrogens is 228 g/mol. The number of aromatic nitrogens is 1. The first-order chi connectivity index (χ1) is 8.56. The Morgan fingerprint density at radius 2 is 2.17 bits per heavy atom. The number of aliphatic carboxylic acids is 1. The molecule has 0 spiro atoms.